The fourth-order valence-corrected chi connectivity index (χ4v) is 3.77. The first-order valence-corrected chi connectivity index (χ1v) is 12.2. The average Bonchev–Trinajstić information content (AvgIpc) is 2.66. The molecule has 0 atom stereocenters. The van der Waals surface area contributed by atoms with Gasteiger partial charge in [-0.3, -0.25) is 0 Å². The minimum absolute atomic E-state index is 1.04. The van der Waals surface area contributed by atoms with Crippen molar-refractivity contribution in [2.24, 2.45) is 0 Å². The second-order valence-corrected chi connectivity index (χ2v) is 8.24. The molecular weight excluding hydrogens is 316 g/mol. The topological polar surface area (TPSA) is 20.2 Å². The second-order valence-electron chi connectivity index (χ2n) is 8.24. The van der Waals surface area contributed by atoms with Gasteiger partial charge in [0, 0.05) is 0 Å². The number of aliphatic hydroxyl groups excluding tert-OH is 1. The monoisotopic (exact) mass is 366 g/mol. The standard InChI is InChI=1S/C25H50O/c1-2-3-4-5-6-7-8-9-10-11-12-13-14-15-16-17-18-19-20-21-22-23-24-25-26/h24-26H,2-23H2,1H3/b25-24-. The molecule has 0 aliphatic carbocycles. The molecule has 0 saturated heterocycles. The molecule has 0 aromatic carbocycles. The van der Waals surface area contributed by atoms with E-state index in [2.05, 4.69) is 6.92 Å². The molecule has 0 radical (unpaired) electrons. The summed E-state index contributed by atoms with van der Waals surface area (Å²) in [5, 5.41) is 8.55. The molecule has 0 aromatic heterocycles. The van der Waals surface area contributed by atoms with Crippen LogP contribution < -0.4 is 0 Å². The Kier molecular flexibility index (Phi) is 24.1. The predicted octanol–water partition coefficient (Wildman–Crippen LogP) is 9.66. The number of unbranched alkanes of at least 4 members (excludes halogenated alkanes) is 21. The summed E-state index contributed by atoms with van der Waals surface area (Å²) in [6.45, 7) is 2.30. The molecule has 0 rings (SSSR count). The fourth-order valence-electron chi connectivity index (χ4n) is 3.77. The van der Waals surface area contributed by atoms with Crippen LogP contribution in [-0.2, 0) is 0 Å². The molecular formula is C25H50O. The van der Waals surface area contributed by atoms with Crippen LogP contribution in [0.15, 0.2) is 12.3 Å². The van der Waals surface area contributed by atoms with Crippen molar-refractivity contribution in [3.05, 3.63) is 12.3 Å². The van der Waals surface area contributed by atoms with Gasteiger partial charge in [-0.2, -0.15) is 0 Å². The van der Waals surface area contributed by atoms with E-state index < -0.39 is 0 Å². The van der Waals surface area contributed by atoms with Gasteiger partial charge in [-0.25, -0.2) is 0 Å². The Labute approximate surface area is 166 Å². The molecule has 0 heterocycles. The Morgan fingerprint density at radius 1 is 0.423 bits per heavy atom. The van der Waals surface area contributed by atoms with E-state index in [1.165, 1.54) is 141 Å². The van der Waals surface area contributed by atoms with Crippen molar-refractivity contribution in [2.45, 2.75) is 148 Å². The summed E-state index contributed by atoms with van der Waals surface area (Å²) < 4.78 is 0. The molecule has 0 fully saturated rings. The van der Waals surface area contributed by atoms with Gasteiger partial charge in [0.05, 0.1) is 6.26 Å². The minimum atomic E-state index is 1.04. The molecule has 0 aromatic rings. The molecule has 0 aliphatic heterocycles. The summed E-state index contributed by atoms with van der Waals surface area (Å²) >= 11 is 0. The third-order valence-corrected chi connectivity index (χ3v) is 5.58. The quantitative estimate of drug-likeness (QED) is 0.149. The van der Waals surface area contributed by atoms with Crippen LogP contribution in [0.1, 0.15) is 148 Å². The number of hydrogen-bond donors (Lipinski definition) is 1. The molecule has 156 valence electrons. The molecule has 0 bridgehead atoms. The van der Waals surface area contributed by atoms with Gasteiger partial charge in [0.15, 0.2) is 0 Å². The first-order chi connectivity index (χ1) is 12.9. The Morgan fingerprint density at radius 3 is 0.962 bits per heavy atom. The zero-order chi connectivity index (χ0) is 19.0. The van der Waals surface area contributed by atoms with Gasteiger partial charge in [0.1, 0.15) is 0 Å². The normalized spacial score (nSPS) is 11.6. The van der Waals surface area contributed by atoms with Crippen molar-refractivity contribution >= 4 is 0 Å². The van der Waals surface area contributed by atoms with E-state index in [0.717, 1.165) is 6.42 Å². The van der Waals surface area contributed by atoms with Crippen LogP contribution in [0.5, 0.6) is 0 Å². The van der Waals surface area contributed by atoms with E-state index in [-0.39, 0.29) is 0 Å². The molecule has 0 amide bonds. The van der Waals surface area contributed by atoms with E-state index in [4.69, 9.17) is 5.11 Å². The van der Waals surface area contributed by atoms with Crippen LogP contribution in [-0.4, -0.2) is 5.11 Å². The van der Waals surface area contributed by atoms with Gasteiger partial charge in [0.2, 0.25) is 0 Å². The highest BCUT2D eigenvalue weighted by Gasteiger charge is 1.95. The Morgan fingerprint density at radius 2 is 0.692 bits per heavy atom. The van der Waals surface area contributed by atoms with E-state index in [1.807, 2.05) is 6.08 Å². The smallest absolute Gasteiger partial charge is 0.0751 e. The van der Waals surface area contributed by atoms with Crippen molar-refractivity contribution in [3.63, 3.8) is 0 Å². The SMILES string of the molecule is CCCCCCCCCCCCCCCCCCCCCCC/C=C\O. The molecule has 1 N–H and O–H groups in total. The highest BCUT2D eigenvalue weighted by Crippen LogP contribution is 2.15. The van der Waals surface area contributed by atoms with Crippen LogP contribution in [0.25, 0.3) is 0 Å². The predicted molar refractivity (Wildman–Crippen MR) is 119 cm³/mol. The lowest BCUT2D eigenvalue weighted by atomic mass is 10.0. The van der Waals surface area contributed by atoms with Crippen molar-refractivity contribution in [1.82, 2.24) is 0 Å². The van der Waals surface area contributed by atoms with Crippen LogP contribution in [0.4, 0.5) is 0 Å². The maximum atomic E-state index is 8.55. The van der Waals surface area contributed by atoms with Crippen molar-refractivity contribution in [2.75, 3.05) is 0 Å². The van der Waals surface area contributed by atoms with Crippen molar-refractivity contribution < 1.29 is 5.11 Å². The Balaban J connectivity index is 2.97. The summed E-state index contributed by atoms with van der Waals surface area (Å²) in [5.41, 5.74) is 0. The highest BCUT2D eigenvalue weighted by molar-refractivity contribution is 4.70. The van der Waals surface area contributed by atoms with Crippen LogP contribution in [0, 0.1) is 0 Å². The Bertz CT molecular complexity index is 259. The number of allylic oxidation sites excluding steroid dienone is 1. The highest BCUT2D eigenvalue weighted by atomic mass is 16.2. The van der Waals surface area contributed by atoms with Gasteiger partial charge in [-0.15, -0.1) is 0 Å². The fraction of sp³-hybridized carbons (Fsp3) is 0.920. The zero-order valence-electron chi connectivity index (χ0n) is 18.2. The van der Waals surface area contributed by atoms with Crippen LogP contribution >= 0.6 is 0 Å². The van der Waals surface area contributed by atoms with Crippen molar-refractivity contribution in [3.8, 4) is 0 Å². The molecule has 0 spiro atoms. The maximum absolute atomic E-state index is 8.55. The third-order valence-electron chi connectivity index (χ3n) is 5.58. The van der Waals surface area contributed by atoms with Gasteiger partial charge >= 0.3 is 0 Å². The number of hydrogen-bond acceptors (Lipinski definition) is 1. The van der Waals surface area contributed by atoms with Crippen LogP contribution in [0.2, 0.25) is 0 Å². The summed E-state index contributed by atoms with van der Waals surface area (Å²) in [7, 11) is 0. The molecule has 0 saturated carbocycles. The van der Waals surface area contributed by atoms with Gasteiger partial charge in [-0.05, 0) is 12.8 Å². The molecule has 0 aliphatic rings. The van der Waals surface area contributed by atoms with Crippen molar-refractivity contribution in [1.29, 1.82) is 0 Å². The average molecular weight is 367 g/mol. The third kappa shape index (κ3) is 23.5. The summed E-state index contributed by atoms with van der Waals surface area (Å²) in [6, 6.07) is 0. The minimum Gasteiger partial charge on any atom is -0.516 e. The summed E-state index contributed by atoms with van der Waals surface area (Å²) in [4.78, 5) is 0. The summed E-state index contributed by atoms with van der Waals surface area (Å²) in [6.07, 6.45) is 34.2. The number of aliphatic hydroxyl groups is 1. The van der Waals surface area contributed by atoms with Gasteiger partial charge in [-0.1, -0.05) is 141 Å². The van der Waals surface area contributed by atoms with E-state index >= 15 is 0 Å². The molecule has 1 heteroatoms. The second kappa shape index (κ2) is 24.5. The maximum Gasteiger partial charge on any atom is 0.0751 e. The summed E-state index contributed by atoms with van der Waals surface area (Å²) in [5.74, 6) is 0. The van der Waals surface area contributed by atoms with E-state index in [9.17, 15) is 0 Å². The Hall–Kier alpha value is -0.460. The van der Waals surface area contributed by atoms with E-state index in [0.29, 0.717) is 0 Å². The number of rotatable bonds is 22. The first kappa shape index (κ1) is 25.5. The lowest BCUT2D eigenvalue weighted by molar-refractivity contribution is 0.469. The molecule has 26 heavy (non-hydrogen) atoms. The first-order valence-electron chi connectivity index (χ1n) is 12.2. The lowest BCUT2D eigenvalue weighted by Gasteiger charge is -2.04. The molecule has 0 unspecified atom stereocenters. The zero-order valence-corrected chi connectivity index (χ0v) is 18.2. The lowest BCUT2D eigenvalue weighted by Crippen LogP contribution is -1.84. The largest absolute Gasteiger partial charge is 0.516 e. The molecule has 1 nitrogen and oxygen atoms in total. The van der Waals surface area contributed by atoms with E-state index in [1.54, 1.807) is 0 Å². The van der Waals surface area contributed by atoms with Crippen LogP contribution in [0.3, 0.4) is 0 Å². The van der Waals surface area contributed by atoms with Gasteiger partial charge in [0.25, 0.3) is 0 Å². The van der Waals surface area contributed by atoms with Gasteiger partial charge < -0.3 is 5.11 Å².